The van der Waals surface area contributed by atoms with Crippen LogP contribution >= 0.6 is 0 Å². The molecule has 0 saturated heterocycles. The molecule has 0 aromatic carbocycles. The van der Waals surface area contributed by atoms with Crippen LogP contribution in [-0.4, -0.2) is 25.2 Å². The minimum atomic E-state index is -0.717. The van der Waals surface area contributed by atoms with Gasteiger partial charge in [0.1, 0.15) is 0 Å². The van der Waals surface area contributed by atoms with Crippen molar-refractivity contribution < 1.29 is 19.1 Å². The molecule has 4 nitrogen and oxygen atoms in total. The van der Waals surface area contributed by atoms with E-state index >= 15 is 0 Å². The third kappa shape index (κ3) is 3.51. The van der Waals surface area contributed by atoms with E-state index in [1.807, 2.05) is 0 Å². The highest BCUT2D eigenvalue weighted by Crippen LogP contribution is 2.33. The minimum Gasteiger partial charge on any atom is -0.465 e. The van der Waals surface area contributed by atoms with Crippen LogP contribution in [-0.2, 0) is 19.1 Å². The Bertz CT molecular complexity index is 227. The summed E-state index contributed by atoms with van der Waals surface area (Å²) in [6.07, 6.45) is 3.99. The molecule has 0 aromatic rings. The molecular formula is C12H20O4. The third-order valence-corrected chi connectivity index (χ3v) is 2.94. The molecule has 4 heteroatoms. The van der Waals surface area contributed by atoms with Gasteiger partial charge in [0.15, 0.2) is 5.92 Å². The number of esters is 2. The number of hydrogen-bond acceptors (Lipinski definition) is 4. The van der Waals surface area contributed by atoms with Gasteiger partial charge in [0.2, 0.25) is 0 Å². The van der Waals surface area contributed by atoms with Crippen LogP contribution in [0, 0.1) is 11.8 Å². The Morgan fingerprint density at radius 3 is 1.94 bits per heavy atom. The van der Waals surface area contributed by atoms with Crippen molar-refractivity contribution in [2.75, 3.05) is 13.2 Å². The van der Waals surface area contributed by atoms with Gasteiger partial charge in [-0.25, -0.2) is 0 Å². The first-order valence-corrected chi connectivity index (χ1v) is 6.02. The van der Waals surface area contributed by atoms with Crippen LogP contribution in [0.3, 0.4) is 0 Å². The van der Waals surface area contributed by atoms with Crippen LogP contribution in [0.25, 0.3) is 0 Å². The van der Waals surface area contributed by atoms with Crippen LogP contribution < -0.4 is 0 Å². The van der Waals surface area contributed by atoms with E-state index in [1.165, 1.54) is 6.42 Å². The van der Waals surface area contributed by atoms with E-state index in [2.05, 4.69) is 0 Å². The molecule has 1 aliphatic rings. The highest BCUT2D eigenvalue weighted by atomic mass is 16.6. The van der Waals surface area contributed by atoms with Crippen LogP contribution in [0.15, 0.2) is 0 Å². The van der Waals surface area contributed by atoms with Gasteiger partial charge in [0.25, 0.3) is 0 Å². The fourth-order valence-electron chi connectivity index (χ4n) is 1.84. The molecular weight excluding hydrogens is 208 g/mol. The fraction of sp³-hybridized carbons (Fsp3) is 0.833. The number of hydrogen-bond donors (Lipinski definition) is 0. The zero-order valence-electron chi connectivity index (χ0n) is 10.0. The lowest BCUT2D eigenvalue weighted by molar-refractivity contribution is -0.162. The van der Waals surface area contributed by atoms with Crippen molar-refractivity contribution in [1.29, 1.82) is 0 Å². The van der Waals surface area contributed by atoms with Gasteiger partial charge in [-0.15, -0.1) is 0 Å². The summed E-state index contributed by atoms with van der Waals surface area (Å²) in [6, 6.07) is 0. The average Bonchev–Trinajstić information content (AvgIpc) is 2.16. The van der Waals surface area contributed by atoms with Crippen LogP contribution in [0.2, 0.25) is 0 Å². The largest absolute Gasteiger partial charge is 0.465 e. The van der Waals surface area contributed by atoms with Gasteiger partial charge in [0, 0.05) is 0 Å². The van der Waals surface area contributed by atoms with Gasteiger partial charge in [-0.3, -0.25) is 9.59 Å². The summed E-state index contributed by atoms with van der Waals surface area (Å²) >= 11 is 0. The Hall–Kier alpha value is -1.06. The smallest absolute Gasteiger partial charge is 0.320 e. The second kappa shape index (κ2) is 6.51. The predicted molar refractivity (Wildman–Crippen MR) is 58.7 cm³/mol. The quantitative estimate of drug-likeness (QED) is 0.515. The normalized spacial score (nSPS) is 15.7. The molecule has 16 heavy (non-hydrogen) atoms. The molecule has 1 aliphatic carbocycles. The van der Waals surface area contributed by atoms with Crippen molar-refractivity contribution in [2.24, 2.45) is 11.8 Å². The summed E-state index contributed by atoms with van der Waals surface area (Å²) in [6.45, 7) is 4.09. The summed E-state index contributed by atoms with van der Waals surface area (Å²) in [7, 11) is 0. The first kappa shape index (κ1) is 13.0. The lowest BCUT2D eigenvalue weighted by Gasteiger charge is -2.27. The fourth-order valence-corrected chi connectivity index (χ4v) is 1.84. The SMILES string of the molecule is CCOC(=O)C(CC1CCC1)C(=O)OCC. The van der Waals surface area contributed by atoms with Gasteiger partial charge in [0.05, 0.1) is 13.2 Å². The van der Waals surface area contributed by atoms with E-state index in [0.29, 0.717) is 25.6 Å². The van der Waals surface area contributed by atoms with Crippen LogP contribution in [0.4, 0.5) is 0 Å². The third-order valence-electron chi connectivity index (χ3n) is 2.94. The summed E-state index contributed by atoms with van der Waals surface area (Å²) in [5.41, 5.74) is 0. The zero-order chi connectivity index (χ0) is 12.0. The molecule has 0 amide bonds. The second-order valence-electron chi connectivity index (χ2n) is 4.09. The molecule has 0 spiro atoms. The zero-order valence-corrected chi connectivity index (χ0v) is 10.0. The van der Waals surface area contributed by atoms with Crippen LogP contribution in [0.5, 0.6) is 0 Å². The van der Waals surface area contributed by atoms with Crippen molar-refractivity contribution in [2.45, 2.75) is 39.5 Å². The Kier molecular flexibility index (Phi) is 5.29. The van der Waals surface area contributed by atoms with Gasteiger partial charge in [-0.05, 0) is 26.2 Å². The Labute approximate surface area is 96.3 Å². The Morgan fingerprint density at radius 1 is 1.12 bits per heavy atom. The highest BCUT2D eigenvalue weighted by Gasteiger charge is 2.33. The Morgan fingerprint density at radius 2 is 1.62 bits per heavy atom. The number of carbonyl (C=O) groups is 2. The summed E-state index contributed by atoms with van der Waals surface area (Å²) < 4.78 is 9.80. The first-order valence-electron chi connectivity index (χ1n) is 6.02. The topological polar surface area (TPSA) is 52.6 Å². The molecule has 1 rings (SSSR count). The molecule has 1 fully saturated rings. The van der Waals surface area contributed by atoms with Crippen molar-refractivity contribution in [3.05, 3.63) is 0 Å². The number of carbonyl (C=O) groups excluding carboxylic acids is 2. The first-order chi connectivity index (χ1) is 7.69. The molecule has 0 unspecified atom stereocenters. The molecule has 0 heterocycles. The van der Waals surface area contributed by atoms with Crippen molar-refractivity contribution in [3.8, 4) is 0 Å². The summed E-state index contributed by atoms with van der Waals surface area (Å²) in [5, 5.41) is 0. The van der Waals surface area contributed by atoms with Gasteiger partial charge in [-0.1, -0.05) is 19.3 Å². The van der Waals surface area contributed by atoms with E-state index in [0.717, 1.165) is 12.8 Å². The number of rotatable bonds is 6. The van der Waals surface area contributed by atoms with Gasteiger partial charge < -0.3 is 9.47 Å². The predicted octanol–water partition coefficient (Wildman–Crippen LogP) is 1.92. The van der Waals surface area contributed by atoms with E-state index in [9.17, 15) is 9.59 Å². The van der Waals surface area contributed by atoms with Crippen LogP contribution in [0.1, 0.15) is 39.5 Å². The monoisotopic (exact) mass is 228 g/mol. The standard InChI is InChI=1S/C12H20O4/c1-3-15-11(13)10(12(14)16-4-2)8-9-6-5-7-9/h9-10H,3-8H2,1-2H3. The summed E-state index contributed by atoms with van der Waals surface area (Å²) in [4.78, 5) is 23.2. The molecule has 92 valence electrons. The lowest BCUT2D eigenvalue weighted by Crippen LogP contribution is -2.31. The molecule has 0 aliphatic heterocycles. The molecule has 0 bridgehead atoms. The van der Waals surface area contributed by atoms with E-state index in [4.69, 9.17) is 9.47 Å². The maximum atomic E-state index is 11.6. The van der Waals surface area contributed by atoms with E-state index < -0.39 is 17.9 Å². The second-order valence-corrected chi connectivity index (χ2v) is 4.09. The van der Waals surface area contributed by atoms with E-state index in [-0.39, 0.29) is 0 Å². The van der Waals surface area contributed by atoms with Crippen molar-refractivity contribution in [1.82, 2.24) is 0 Å². The maximum Gasteiger partial charge on any atom is 0.320 e. The van der Waals surface area contributed by atoms with Crippen molar-refractivity contribution in [3.63, 3.8) is 0 Å². The Balaban J connectivity index is 2.51. The molecule has 0 radical (unpaired) electrons. The minimum absolute atomic E-state index is 0.305. The number of ether oxygens (including phenoxy) is 2. The lowest BCUT2D eigenvalue weighted by atomic mass is 9.79. The molecule has 1 saturated carbocycles. The summed E-state index contributed by atoms with van der Waals surface area (Å²) in [5.74, 6) is -1.11. The maximum absolute atomic E-state index is 11.6. The highest BCUT2D eigenvalue weighted by molar-refractivity contribution is 5.94. The molecule has 0 N–H and O–H groups in total. The van der Waals surface area contributed by atoms with Crippen molar-refractivity contribution >= 4 is 11.9 Å². The average molecular weight is 228 g/mol. The molecule has 0 atom stereocenters. The van der Waals surface area contributed by atoms with Gasteiger partial charge in [-0.2, -0.15) is 0 Å². The van der Waals surface area contributed by atoms with Gasteiger partial charge >= 0.3 is 11.9 Å². The van der Waals surface area contributed by atoms with E-state index in [1.54, 1.807) is 13.8 Å². The molecule has 0 aromatic heterocycles.